The van der Waals surface area contributed by atoms with Crippen molar-refractivity contribution in [1.29, 1.82) is 0 Å². The van der Waals surface area contributed by atoms with Crippen molar-refractivity contribution in [3.8, 4) is 0 Å². The molecule has 1 aromatic rings. The number of sulfonamides is 1. The number of likely N-dealkylation sites (N-methyl/N-ethyl adjacent to an activating group) is 1. The van der Waals surface area contributed by atoms with E-state index in [2.05, 4.69) is 0 Å². The Balaban J connectivity index is 3.48. The maximum Gasteiger partial charge on any atom is 0.324 e. The van der Waals surface area contributed by atoms with Crippen LogP contribution >= 0.6 is 0 Å². The normalized spacial score (nSPS) is 12.7. The number of rotatable bonds is 5. The van der Waals surface area contributed by atoms with Gasteiger partial charge in [-0.1, -0.05) is 19.1 Å². The van der Waals surface area contributed by atoms with E-state index in [0.717, 1.165) is 9.87 Å². The zero-order chi connectivity index (χ0) is 15.7. The number of carbonyl (C=O) groups is 1. The first-order chi connectivity index (χ1) is 9.05. The molecule has 1 rings (SSSR count). The molecule has 0 fully saturated rings. The van der Waals surface area contributed by atoms with Crippen LogP contribution in [0.25, 0.3) is 0 Å². The summed E-state index contributed by atoms with van der Waals surface area (Å²) in [7, 11) is -3.85. The third-order valence-electron chi connectivity index (χ3n) is 3.35. The summed E-state index contributed by atoms with van der Waals surface area (Å²) in [5, 5.41) is 9.27. The van der Waals surface area contributed by atoms with Gasteiger partial charge in [-0.15, -0.1) is 0 Å². The van der Waals surface area contributed by atoms with Crippen molar-refractivity contribution in [2.24, 2.45) is 0 Å². The minimum absolute atomic E-state index is 0.0923. The molecule has 0 aliphatic rings. The van der Waals surface area contributed by atoms with Crippen molar-refractivity contribution < 1.29 is 18.3 Å². The molecule has 0 unspecified atom stereocenters. The van der Waals surface area contributed by atoms with Crippen LogP contribution in [0, 0.1) is 13.8 Å². The molecule has 0 heterocycles. The van der Waals surface area contributed by atoms with E-state index in [-0.39, 0.29) is 11.4 Å². The molecule has 0 bridgehead atoms. The molecule has 1 aromatic carbocycles. The molecule has 0 aliphatic heterocycles. The zero-order valence-corrected chi connectivity index (χ0v) is 13.3. The second kappa shape index (κ2) is 5.54. The summed E-state index contributed by atoms with van der Waals surface area (Å²) in [6, 6.07) is 5.13. The van der Waals surface area contributed by atoms with Crippen molar-refractivity contribution in [2.75, 3.05) is 6.54 Å². The summed E-state index contributed by atoms with van der Waals surface area (Å²) in [5.41, 5.74) is -0.0716. The summed E-state index contributed by atoms with van der Waals surface area (Å²) in [4.78, 5) is 11.5. The van der Waals surface area contributed by atoms with Crippen LogP contribution in [0.3, 0.4) is 0 Å². The van der Waals surface area contributed by atoms with E-state index in [1.807, 2.05) is 6.07 Å². The van der Waals surface area contributed by atoms with E-state index >= 15 is 0 Å². The number of hydrogen-bond donors (Lipinski definition) is 1. The highest BCUT2D eigenvalue weighted by Crippen LogP contribution is 2.27. The first kappa shape index (κ1) is 16.7. The van der Waals surface area contributed by atoms with Crippen molar-refractivity contribution in [1.82, 2.24) is 4.31 Å². The maximum atomic E-state index is 12.8. The van der Waals surface area contributed by atoms with Crippen LogP contribution in [-0.2, 0) is 14.8 Å². The third kappa shape index (κ3) is 2.86. The highest BCUT2D eigenvalue weighted by atomic mass is 32.2. The van der Waals surface area contributed by atoms with E-state index in [9.17, 15) is 18.3 Å². The molecule has 1 N–H and O–H groups in total. The fraction of sp³-hybridized carbons (Fsp3) is 0.500. The maximum absolute atomic E-state index is 12.8. The van der Waals surface area contributed by atoms with Crippen LogP contribution in [0.1, 0.15) is 31.9 Å². The van der Waals surface area contributed by atoms with Gasteiger partial charge in [0.1, 0.15) is 5.54 Å². The predicted octanol–water partition coefficient (Wildman–Crippen LogP) is 2.18. The molecule has 0 atom stereocenters. The Morgan fingerprint density at radius 1 is 1.30 bits per heavy atom. The van der Waals surface area contributed by atoms with Crippen LogP contribution < -0.4 is 0 Å². The van der Waals surface area contributed by atoms with Gasteiger partial charge in [-0.25, -0.2) is 8.42 Å². The average Bonchev–Trinajstić information content (AvgIpc) is 2.32. The lowest BCUT2D eigenvalue weighted by molar-refractivity contribution is -0.146. The van der Waals surface area contributed by atoms with Gasteiger partial charge in [0.15, 0.2) is 0 Å². The Kier molecular flexibility index (Phi) is 4.61. The molecule has 0 spiro atoms. The molecule has 0 amide bonds. The molecule has 6 heteroatoms. The zero-order valence-electron chi connectivity index (χ0n) is 12.5. The number of nitrogens with zero attached hydrogens (tertiary/aromatic N) is 1. The Morgan fingerprint density at radius 2 is 1.85 bits per heavy atom. The number of carboxylic acids is 1. The molecule has 20 heavy (non-hydrogen) atoms. The van der Waals surface area contributed by atoms with Crippen molar-refractivity contribution in [2.45, 2.75) is 45.1 Å². The lowest BCUT2D eigenvalue weighted by atomic mass is 10.1. The third-order valence-corrected chi connectivity index (χ3v) is 5.64. The fourth-order valence-corrected chi connectivity index (χ4v) is 4.14. The van der Waals surface area contributed by atoms with Gasteiger partial charge in [-0.3, -0.25) is 4.79 Å². The van der Waals surface area contributed by atoms with Crippen LogP contribution in [0.15, 0.2) is 23.1 Å². The standard InChI is InChI=1S/C14H21NO4S/c1-6-15(14(4,5)13(16)17)20(18,19)12-9-10(2)7-8-11(12)3/h7-9H,6H2,1-5H3,(H,16,17). The Bertz CT molecular complexity index is 620. The van der Waals surface area contributed by atoms with Gasteiger partial charge in [0.05, 0.1) is 4.90 Å². The first-order valence-corrected chi connectivity index (χ1v) is 7.82. The summed E-state index contributed by atoms with van der Waals surface area (Å²) in [6.45, 7) is 8.01. The van der Waals surface area contributed by atoms with Gasteiger partial charge in [-0.2, -0.15) is 4.31 Å². The van der Waals surface area contributed by atoms with Crippen molar-refractivity contribution in [3.05, 3.63) is 29.3 Å². The summed E-state index contributed by atoms with van der Waals surface area (Å²) in [6.07, 6.45) is 0. The van der Waals surface area contributed by atoms with Crippen molar-refractivity contribution >= 4 is 16.0 Å². The van der Waals surface area contributed by atoms with E-state index in [1.54, 1.807) is 32.9 Å². The molecular weight excluding hydrogens is 278 g/mol. The first-order valence-electron chi connectivity index (χ1n) is 6.38. The van der Waals surface area contributed by atoms with Crippen LogP contribution in [-0.4, -0.2) is 35.9 Å². The Morgan fingerprint density at radius 3 is 2.30 bits per heavy atom. The smallest absolute Gasteiger partial charge is 0.324 e. The largest absolute Gasteiger partial charge is 0.480 e. The minimum Gasteiger partial charge on any atom is -0.480 e. The van der Waals surface area contributed by atoms with Gasteiger partial charge in [0, 0.05) is 6.54 Å². The molecule has 5 nitrogen and oxygen atoms in total. The molecule has 0 saturated carbocycles. The van der Waals surface area contributed by atoms with Gasteiger partial charge in [-0.05, 0) is 44.9 Å². The summed E-state index contributed by atoms with van der Waals surface area (Å²) < 4.78 is 26.5. The van der Waals surface area contributed by atoms with E-state index in [4.69, 9.17) is 0 Å². The number of aryl methyl sites for hydroxylation is 2. The van der Waals surface area contributed by atoms with Gasteiger partial charge >= 0.3 is 5.97 Å². The van der Waals surface area contributed by atoms with Gasteiger partial charge < -0.3 is 5.11 Å². The fourth-order valence-electron chi connectivity index (χ4n) is 2.08. The van der Waals surface area contributed by atoms with Crippen LogP contribution in [0.5, 0.6) is 0 Å². The molecular formula is C14H21NO4S. The lowest BCUT2D eigenvalue weighted by Crippen LogP contribution is -2.52. The highest BCUT2D eigenvalue weighted by Gasteiger charge is 2.42. The van der Waals surface area contributed by atoms with Crippen LogP contribution in [0.4, 0.5) is 0 Å². The average molecular weight is 299 g/mol. The quantitative estimate of drug-likeness (QED) is 0.904. The summed E-state index contributed by atoms with van der Waals surface area (Å²) in [5.74, 6) is -1.17. The molecule has 0 radical (unpaired) electrons. The summed E-state index contributed by atoms with van der Waals surface area (Å²) >= 11 is 0. The number of aliphatic carboxylic acids is 1. The van der Waals surface area contributed by atoms with E-state index in [0.29, 0.717) is 5.56 Å². The SMILES string of the molecule is CCN(C(C)(C)C(=O)O)S(=O)(=O)c1cc(C)ccc1C. The Hall–Kier alpha value is -1.40. The lowest BCUT2D eigenvalue weighted by Gasteiger charge is -2.33. The van der Waals surface area contributed by atoms with Gasteiger partial charge in [0.2, 0.25) is 10.0 Å². The highest BCUT2D eigenvalue weighted by molar-refractivity contribution is 7.89. The van der Waals surface area contributed by atoms with Crippen LogP contribution in [0.2, 0.25) is 0 Å². The van der Waals surface area contributed by atoms with Crippen molar-refractivity contribution in [3.63, 3.8) is 0 Å². The number of hydrogen-bond acceptors (Lipinski definition) is 3. The second-order valence-corrected chi connectivity index (χ2v) is 7.13. The topological polar surface area (TPSA) is 74.7 Å². The number of carboxylic acid groups (broad SMARTS) is 1. The molecule has 0 aliphatic carbocycles. The molecule has 0 saturated heterocycles. The Labute approximate surface area is 120 Å². The van der Waals surface area contributed by atoms with E-state index in [1.165, 1.54) is 13.8 Å². The second-order valence-electron chi connectivity index (χ2n) is 5.30. The molecule has 0 aromatic heterocycles. The predicted molar refractivity (Wildman–Crippen MR) is 77.2 cm³/mol. The number of benzene rings is 1. The monoisotopic (exact) mass is 299 g/mol. The molecule has 112 valence electrons. The van der Waals surface area contributed by atoms with Gasteiger partial charge in [0.25, 0.3) is 0 Å². The minimum atomic E-state index is -3.85. The van der Waals surface area contributed by atoms with E-state index < -0.39 is 21.5 Å².